The van der Waals surface area contributed by atoms with E-state index in [4.69, 9.17) is 16.6 Å². The SMILES string of the molecule is CC(CO)CSCC(N)(C(N)=O)c1ccccc1. The van der Waals surface area contributed by atoms with Crippen LogP contribution in [0.3, 0.4) is 0 Å². The fraction of sp³-hybridized carbons (Fsp3) is 0.462. The molecule has 1 aromatic rings. The van der Waals surface area contributed by atoms with Gasteiger partial charge in [-0.3, -0.25) is 4.79 Å². The van der Waals surface area contributed by atoms with Crippen molar-refractivity contribution in [1.82, 2.24) is 0 Å². The van der Waals surface area contributed by atoms with E-state index in [-0.39, 0.29) is 12.5 Å². The van der Waals surface area contributed by atoms with Gasteiger partial charge in [0.25, 0.3) is 0 Å². The molecule has 5 heteroatoms. The van der Waals surface area contributed by atoms with Crippen LogP contribution in [0.2, 0.25) is 0 Å². The summed E-state index contributed by atoms with van der Waals surface area (Å²) in [5.74, 6) is 0.812. The molecule has 0 bridgehead atoms. The van der Waals surface area contributed by atoms with Crippen molar-refractivity contribution in [2.75, 3.05) is 18.1 Å². The van der Waals surface area contributed by atoms with Gasteiger partial charge in [0.2, 0.25) is 5.91 Å². The lowest BCUT2D eigenvalue weighted by atomic mass is 9.92. The van der Waals surface area contributed by atoms with E-state index in [0.29, 0.717) is 5.75 Å². The predicted molar refractivity (Wildman–Crippen MR) is 75.1 cm³/mol. The van der Waals surface area contributed by atoms with E-state index >= 15 is 0 Å². The first-order chi connectivity index (χ1) is 8.50. The molecule has 2 atom stereocenters. The van der Waals surface area contributed by atoms with Crippen LogP contribution < -0.4 is 11.5 Å². The number of hydrogen-bond acceptors (Lipinski definition) is 4. The number of carbonyl (C=O) groups excluding carboxylic acids is 1. The van der Waals surface area contributed by atoms with Crippen molar-refractivity contribution in [2.24, 2.45) is 17.4 Å². The summed E-state index contributed by atoms with van der Waals surface area (Å²) >= 11 is 1.53. The van der Waals surface area contributed by atoms with Crippen LogP contribution in [-0.2, 0) is 10.3 Å². The highest BCUT2D eigenvalue weighted by molar-refractivity contribution is 7.99. The Morgan fingerprint density at radius 2 is 2.06 bits per heavy atom. The van der Waals surface area contributed by atoms with E-state index in [1.807, 2.05) is 25.1 Å². The normalized spacial score (nSPS) is 15.9. The fourth-order valence-electron chi connectivity index (χ4n) is 1.51. The molecule has 0 saturated carbocycles. The third-order valence-corrected chi connectivity index (χ3v) is 4.24. The molecule has 0 aliphatic carbocycles. The number of aliphatic hydroxyl groups excluding tert-OH is 1. The van der Waals surface area contributed by atoms with Crippen molar-refractivity contribution in [1.29, 1.82) is 0 Å². The summed E-state index contributed by atoms with van der Waals surface area (Å²) in [4.78, 5) is 11.6. The van der Waals surface area contributed by atoms with Crippen LogP contribution in [0, 0.1) is 5.92 Å². The molecular weight excluding hydrogens is 248 g/mol. The van der Waals surface area contributed by atoms with Crippen molar-refractivity contribution >= 4 is 17.7 Å². The lowest BCUT2D eigenvalue weighted by Gasteiger charge is -2.26. The molecule has 0 aromatic heterocycles. The van der Waals surface area contributed by atoms with Crippen molar-refractivity contribution in [3.8, 4) is 0 Å². The van der Waals surface area contributed by atoms with Gasteiger partial charge in [-0.15, -0.1) is 0 Å². The molecule has 0 fully saturated rings. The summed E-state index contributed by atoms with van der Waals surface area (Å²) in [6, 6.07) is 9.15. The van der Waals surface area contributed by atoms with Crippen LogP contribution in [0.5, 0.6) is 0 Å². The number of rotatable bonds is 7. The summed E-state index contributed by atoms with van der Waals surface area (Å²) in [6.45, 7) is 2.07. The molecule has 2 unspecified atom stereocenters. The summed E-state index contributed by atoms with van der Waals surface area (Å²) in [5.41, 5.74) is 11.1. The van der Waals surface area contributed by atoms with Crippen molar-refractivity contribution in [2.45, 2.75) is 12.5 Å². The summed E-state index contributed by atoms with van der Waals surface area (Å²) in [5, 5.41) is 8.95. The Kier molecular flexibility index (Phi) is 5.65. The molecular formula is C13H20N2O2S. The molecule has 1 aromatic carbocycles. The van der Waals surface area contributed by atoms with E-state index in [0.717, 1.165) is 11.3 Å². The van der Waals surface area contributed by atoms with Crippen molar-refractivity contribution < 1.29 is 9.90 Å². The summed E-state index contributed by atoms with van der Waals surface area (Å²) < 4.78 is 0. The second kappa shape index (κ2) is 6.78. The number of benzene rings is 1. The monoisotopic (exact) mass is 268 g/mol. The number of primary amides is 1. The quantitative estimate of drug-likeness (QED) is 0.678. The highest BCUT2D eigenvalue weighted by atomic mass is 32.2. The fourth-order valence-corrected chi connectivity index (χ4v) is 2.76. The number of carbonyl (C=O) groups is 1. The molecule has 0 saturated heterocycles. The first-order valence-corrected chi connectivity index (χ1v) is 6.99. The third-order valence-electron chi connectivity index (χ3n) is 2.77. The van der Waals surface area contributed by atoms with Crippen LogP contribution in [-0.4, -0.2) is 29.1 Å². The molecule has 100 valence electrons. The second-order valence-corrected chi connectivity index (χ2v) is 5.53. The average molecular weight is 268 g/mol. The van der Waals surface area contributed by atoms with E-state index in [1.54, 1.807) is 12.1 Å². The van der Waals surface area contributed by atoms with Crippen molar-refractivity contribution in [3.63, 3.8) is 0 Å². The van der Waals surface area contributed by atoms with Crippen LogP contribution in [0.4, 0.5) is 0 Å². The van der Waals surface area contributed by atoms with Gasteiger partial charge in [0.1, 0.15) is 5.54 Å². The molecule has 1 rings (SSSR count). The van der Waals surface area contributed by atoms with Crippen LogP contribution in [0.15, 0.2) is 30.3 Å². The Labute approximate surface area is 112 Å². The van der Waals surface area contributed by atoms with Crippen LogP contribution >= 0.6 is 11.8 Å². The van der Waals surface area contributed by atoms with E-state index in [9.17, 15) is 4.79 Å². The minimum atomic E-state index is -1.15. The van der Waals surface area contributed by atoms with Gasteiger partial charge >= 0.3 is 0 Å². The number of thioether (sulfide) groups is 1. The molecule has 0 spiro atoms. The molecule has 0 heterocycles. The molecule has 0 radical (unpaired) electrons. The van der Waals surface area contributed by atoms with E-state index in [2.05, 4.69) is 0 Å². The van der Waals surface area contributed by atoms with Gasteiger partial charge in [0.15, 0.2) is 0 Å². The zero-order valence-electron chi connectivity index (χ0n) is 10.5. The Balaban J connectivity index is 2.73. The Bertz CT molecular complexity index is 386. The maximum Gasteiger partial charge on any atom is 0.242 e. The highest BCUT2D eigenvalue weighted by Gasteiger charge is 2.33. The molecule has 4 nitrogen and oxygen atoms in total. The molecule has 5 N–H and O–H groups in total. The maximum atomic E-state index is 11.6. The second-order valence-electron chi connectivity index (χ2n) is 4.50. The molecule has 18 heavy (non-hydrogen) atoms. The molecule has 0 aliphatic rings. The highest BCUT2D eigenvalue weighted by Crippen LogP contribution is 2.24. The maximum absolute atomic E-state index is 11.6. The minimum Gasteiger partial charge on any atom is -0.396 e. The van der Waals surface area contributed by atoms with Gasteiger partial charge < -0.3 is 16.6 Å². The van der Waals surface area contributed by atoms with Crippen LogP contribution in [0.1, 0.15) is 12.5 Å². The van der Waals surface area contributed by atoms with E-state index in [1.165, 1.54) is 11.8 Å². The van der Waals surface area contributed by atoms with Gasteiger partial charge in [-0.05, 0) is 17.2 Å². The smallest absolute Gasteiger partial charge is 0.242 e. The lowest BCUT2D eigenvalue weighted by molar-refractivity contribution is -0.122. The number of aliphatic hydroxyl groups is 1. The lowest BCUT2D eigenvalue weighted by Crippen LogP contribution is -2.51. The van der Waals surface area contributed by atoms with Crippen molar-refractivity contribution in [3.05, 3.63) is 35.9 Å². The zero-order chi connectivity index (χ0) is 13.6. The minimum absolute atomic E-state index is 0.131. The van der Waals surface area contributed by atoms with Gasteiger partial charge in [0.05, 0.1) is 0 Å². The van der Waals surface area contributed by atoms with Gasteiger partial charge in [-0.1, -0.05) is 37.3 Å². The Morgan fingerprint density at radius 3 is 2.56 bits per heavy atom. The molecule has 0 aliphatic heterocycles. The predicted octanol–water partition coefficient (Wildman–Crippen LogP) is 0.688. The van der Waals surface area contributed by atoms with Gasteiger partial charge in [0, 0.05) is 12.4 Å². The zero-order valence-corrected chi connectivity index (χ0v) is 11.3. The van der Waals surface area contributed by atoms with E-state index < -0.39 is 11.4 Å². The first-order valence-electron chi connectivity index (χ1n) is 5.83. The Morgan fingerprint density at radius 1 is 1.44 bits per heavy atom. The topological polar surface area (TPSA) is 89.3 Å². The molecule has 1 amide bonds. The number of hydrogen-bond donors (Lipinski definition) is 3. The van der Waals surface area contributed by atoms with Gasteiger partial charge in [-0.2, -0.15) is 11.8 Å². The third kappa shape index (κ3) is 3.73. The summed E-state index contributed by atoms with van der Waals surface area (Å²) in [7, 11) is 0. The van der Waals surface area contributed by atoms with Crippen LogP contribution in [0.25, 0.3) is 0 Å². The van der Waals surface area contributed by atoms with Gasteiger partial charge in [-0.25, -0.2) is 0 Å². The number of nitrogens with two attached hydrogens (primary N) is 2. The Hall–Kier alpha value is -1.04. The first kappa shape index (κ1) is 15.0. The summed E-state index contributed by atoms with van der Waals surface area (Å²) in [6.07, 6.45) is 0. The average Bonchev–Trinajstić information content (AvgIpc) is 2.39. The number of amides is 1. The standard InChI is InChI=1S/C13H20N2O2S/c1-10(7-16)8-18-9-13(15,12(14)17)11-5-3-2-4-6-11/h2-6,10,16H,7-9,15H2,1H3,(H2,14,17). The largest absolute Gasteiger partial charge is 0.396 e.